The molecule has 3 heterocycles. The highest BCUT2D eigenvalue weighted by atomic mass is 15.2. The molecule has 0 unspecified atom stereocenters. The molecule has 4 rings (SSSR count). The lowest BCUT2D eigenvalue weighted by atomic mass is 10.1. The SMILES string of the molecule is Cc1cccc(CCn2c(NC3CCNCC3)nc3ccccc32)n1. The number of para-hydroxylation sites is 2. The van der Waals surface area contributed by atoms with E-state index in [1.807, 2.05) is 13.0 Å². The second kappa shape index (κ2) is 7.23. The van der Waals surface area contributed by atoms with Crippen LogP contribution in [0.15, 0.2) is 42.5 Å². The largest absolute Gasteiger partial charge is 0.353 e. The summed E-state index contributed by atoms with van der Waals surface area (Å²) in [6, 6.07) is 15.1. The zero-order chi connectivity index (χ0) is 17.1. The van der Waals surface area contributed by atoms with Crippen molar-refractivity contribution >= 4 is 17.0 Å². The molecule has 0 amide bonds. The Morgan fingerprint density at radius 3 is 2.76 bits per heavy atom. The number of imidazole rings is 1. The van der Waals surface area contributed by atoms with Crippen LogP contribution in [0.4, 0.5) is 5.95 Å². The van der Waals surface area contributed by atoms with Gasteiger partial charge in [-0.05, 0) is 57.1 Å². The third kappa shape index (κ3) is 3.66. The summed E-state index contributed by atoms with van der Waals surface area (Å²) in [4.78, 5) is 9.48. The third-order valence-corrected chi connectivity index (χ3v) is 4.86. The monoisotopic (exact) mass is 335 g/mol. The van der Waals surface area contributed by atoms with Gasteiger partial charge in [0.15, 0.2) is 0 Å². The van der Waals surface area contributed by atoms with Crippen molar-refractivity contribution in [1.29, 1.82) is 0 Å². The second-order valence-corrected chi connectivity index (χ2v) is 6.76. The lowest BCUT2D eigenvalue weighted by molar-refractivity contribution is 0.475. The van der Waals surface area contributed by atoms with Gasteiger partial charge >= 0.3 is 0 Å². The number of rotatable bonds is 5. The van der Waals surface area contributed by atoms with E-state index >= 15 is 0 Å². The molecule has 0 spiro atoms. The van der Waals surface area contributed by atoms with E-state index in [9.17, 15) is 0 Å². The van der Waals surface area contributed by atoms with Gasteiger partial charge in [-0.2, -0.15) is 0 Å². The normalized spacial score (nSPS) is 15.6. The molecule has 25 heavy (non-hydrogen) atoms. The van der Waals surface area contributed by atoms with Gasteiger partial charge < -0.3 is 15.2 Å². The maximum absolute atomic E-state index is 4.85. The lowest BCUT2D eigenvalue weighted by Crippen LogP contribution is -2.36. The van der Waals surface area contributed by atoms with Gasteiger partial charge in [-0.1, -0.05) is 18.2 Å². The summed E-state index contributed by atoms with van der Waals surface area (Å²) in [6.45, 7) is 5.07. The van der Waals surface area contributed by atoms with Crippen molar-refractivity contribution in [2.24, 2.45) is 0 Å². The molecule has 1 aliphatic heterocycles. The van der Waals surface area contributed by atoms with E-state index in [1.54, 1.807) is 0 Å². The van der Waals surface area contributed by atoms with Crippen LogP contribution in [0.25, 0.3) is 11.0 Å². The number of aromatic nitrogens is 3. The zero-order valence-electron chi connectivity index (χ0n) is 14.7. The van der Waals surface area contributed by atoms with Crippen molar-refractivity contribution in [2.75, 3.05) is 18.4 Å². The molecule has 0 saturated carbocycles. The number of hydrogen-bond acceptors (Lipinski definition) is 4. The molecular weight excluding hydrogens is 310 g/mol. The molecule has 130 valence electrons. The molecule has 0 atom stereocenters. The van der Waals surface area contributed by atoms with Crippen molar-refractivity contribution in [2.45, 2.75) is 38.8 Å². The summed E-state index contributed by atoms with van der Waals surface area (Å²) >= 11 is 0. The molecule has 3 aromatic rings. The van der Waals surface area contributed by atoms with Gasteiger partial charge in [-0.3, -0.25) is 4.98 Å². The molecule has 0 radical (unpaired) electrons. The minimum Gasteiger partial charge on any atom is -0.353 e. The van der Waals surface area contributed by atoms with E-state index in [1.165, 1.54) is 5.52 Å². The van der Waals surface area contributed by atoms with Gasteiger partial charge in [0.25, 0.3) is 0 Å². The molecule has 0 aliphatic carbocycles. The molecule has 1 aliphatic rings. The highest BCUT2D eigenvalue weighted by molar-refractivity contribution is 5.78. The number of aryl methyl sites for hydroxylation is 3. The minimum absolute atomic E-state index is 0.494. The average Bonchev–Trinajstić information content (AvgIpc) is 2.98. The van der Waals surface area contributed by atoms with E-state index in [0.29, 0.717) is 6.04 Å². The van der Waals surface area contributed by atoms with Crippen LogP contribution in [-0.2, 0) is 13.0 Å². The summed E-state index contributed by atoms with van der Waals surface area (Å²) < 4.78 is 2.31. The predicted octanol–water partition coefficient (Wildman–Crippen LogP) is 3.15. The van der Waals surface area contributed by atoms with E-state index < -0.39 is 0 Å². The standard InChI is InChI=1S/C20H25N5/c1-15-5-4-6-16(22-15)11-14-25-19-8-3-2-7-18(19)24-20(25)23-17-9-12-21-13-10-17/h2-8,17,21H,9-14H2,1H3,(H,23,24). The summed E-state index contributed by atoms with van der Waals surface area (Å²) in [5.74, 6) is 0.987. The Bertz CT molecular complexity index is 848. The number of hydrogen-bond donors (Lipinski definition) is 2. The van der Waals surface area contributed by atoms with Crippen LogP contribution in [0, 0.1) is 6.92 Å². The Morgan fingerprint density at radius 1 is 1.08 bits per heavy atom. The Labute approximate surface area is 148 Å². The first-order valence-corrected chi connectivity index (χ1v) is 9.15. The molecule has 5 nitrogen and oxygen atoms in total. The summed E-state index contributed by atoms with van der Waals surface area (Å²) in [7, 11) is 0. The van der Waals surface area contributed by atoms with Crippen molar-refractivity contribution in [3.63, 3.8) is 0 Å². The van der Waals surface area contributed by atoms with Gasteiger partial charge in [-0.25, -0.2) is 4.98 Å². The van der Waals surface area contributed by atoms with Crippen LogP contribution in [0.1, 0.15) is 24.2 Å². The summed E-state index contributed by atoms with van der Waals surface area (Å²) in [5.41, 5.74) is 4.44. The topological polar surface area (TPSA) is 54.8 Å². The number of nitrogens with one attached hydrogen (secondary N) is 2. The third-order valence-electron chi connectivity index (χ3n) is 4.86. The van der Waals surface area contributed by atoms with Gasteiger partial charge in [0.1, 0.15) is 0 Å². The first-order valence-electron chi connectivity index (χ1n) is 9.15. The smallest absolute Gasteiger partial charge is 0.204 e. The van der Waals surface area contributed by atoms with E-state index in [-0.39, 0.29) is 0 Å². The molecule has 5 heteroatoms. The highest BCUT2D eigenvalue weighted by Gasteiger charge is 2.17. The van der Waals surface area contributed by atoms with Gasteiger partial charge in [0.2, 0.25) is 5.95 Å². The van der Waals surface area contributed by atoms with Crippen molar-refractivity contribution in [3.05, 3.63) is 53.9 Å². The number of nitrogens with zero attached hydrogens (tertiary/aromatic N) is 3. The van der Waals surface area contributed by atoms with Gasteiger partial charge in [0, 0.05) is 30.4 Å². The first-order chi connectivity index (χ1) is 12.3. The van der Waals surface area contributed by atoms with Gasteiger partial charge in [-0.15, -0.1) is 0 Å². The van der Waals surface area contributed by atoms with Gasteiger partial charge in [0.05, 0.1) is 11.0 Å². The minimum atomic E-state index is 0.494. The number of anilines is 1. The van der Waals surface area contributed by atoms with Crippen LogP contribution in [-0.4, -0.2) is 33.7 Å². The van der Waals surface area contributed by atoms with Crippen LogP contribution in [0.3, 0.4) is 0 Å². The van der Waals surface area contributed by atoms with E-state index in [2.05, 4.69) is 56.6 Å². The predicted molar refractivity (Wildman–Crippen MR) is 102 cm³/mol. The van der Waals surface area contributed by atoms with Crippen molar-refractivity contribution in [3.8, 4) is 0 Å². The Kier molecular flexibility index (Phi) is 4.65. The Morgan fingerprint density at radius 2 is 1.92 bits per heavy atom. The maximum atomic E-state index is 4.85. The number of piperidine rings is 1. The van der Waals surface area contributed by atoms with Crippen LogP contribution >= 0.6 is 0 Å². The maximum Gasteiger partial charge on any atom is 0.204 e. The summed E-state index contributed by atoms with van der Waals surface area (Å²) in [5, 5.41) is 7.10. The Balaban J connectivity index is 1.59. The number of pyridine rings is 1. The van der Waals surface area contributed by atoms with Crippen molar-refractivity contribution < 1.29 is 0 Å². The quantitative estimate of drug-likeness (QED) is 0.752. The lowest BCUT2D eigenvalue weighted by Gasteiger charge is -2.24. The first kappa shape index (κ1) is 16.1. The zero-order valence-corrected chi connectivity index (χ0v) is 14.7. The highest BCUT2D eigenvalue weighted by Crippen LogP contribution is 2.22. The fourth-order valence-corrected chi connectivity index (χ4v) is 3.53. The summed E-state index contributed by atoms with van der Waals surface area (Å²) in [6.07, 6.45) is 3.19. The molecule has 2 N–H and O–H groups in total. The molecule has 0 bridgehead atoms. The molecule has 2 aromatic heterocycles. The Hall–Kier alpha value is -2.40. The van der Waals surface area contributed by atoms with E-state index in [0.717, 1.165) is 61.7 Å². The second-order valence-electron chi connectivity index (χ2n) is 6.76. The number of fused-ring (bicyclic) bond motifs is 1. The van der Waals surface area contributed by atoms with Crippen LogP contribution in [0.5, 0.6) is 0 Å². The molecule has 1 fully saturated rings. The van der Waals surface area contributed by atoms with Crippen LogP contribution in [0.2, 0.25) is 0 Å². The molecule has 1 saturated heterocycles. The average molecular weight is 335 g/mol. The van der Waals surface area contributed by atoms with Crippen molar-refractivity contribution in [1.82, 2.24) is 19.9 Å². The fraction of sp³-hybridized carbons (Fsp3) is 0.400. The number of benzene rings is 1. The molecule has 1 aromatic carbocycles. The molecular formula is C20H25N5. The van der Waals surface area contributed by atoms with E-state index in [4.69, 9.17) is 4.98 Å². The fourth-order valence-electron chi connectivity index (χ4n) is 3.53. The van der Waals surface area contributed by atoms with Crippen LogP contribution < -0.4 is 10.6 Å².